The number of aromatic nitrogens is 2. The lowest BCUT2D eigenvalue weighted by Gasteiger charge is -2.16. The second kappa shape index (κ2) is 8.40. The first-order chi connectivity index (χ1) is 13.1. The van der Waals surface area contributed by atoms with Crippen molar-refractivity contribution in [2.45, 2.75) is 12.5 Å². The number of nitriles is 1. The number of thiazole rings is 1. The first-order valence-electron chi connectivity index (χ1n) is 8.09. The van der Waals surface area contributed by atoms with Gasteiger partial charge < -0.3 is 15.5 Å². The quantitative estimate of drug-likeness (QED) is 0.603. The highest BCUT2D eigenvalue weighted by Crippen LogP contribution is 2.30. The van der Waals surface area contributed by atoms with Crippen molar-refractivity contribution in [3.63, 3.8) is 0 Å². The van der Waals surface area contributed by atoms with E-state index in [1.807, 2.05) is 36.4 Å². The molecular weight excluding hydrogens is 364 g/mol. The summed E-state index contributed by atoms with van der Waals surface area (Å²) < 4.78 is 0. The summed E-state index contributed by atoms with van der Waals surface area (Å²) in [7, 11) is 0. The van der Waals surface area contributed by atoms with Gasteiger partial charge in [0.2, 0.25) is 5.91 Å². The zero-order valence-electron chi connectivity index (χ0n) is 14.2. The number of aromatic hydroxyl groups is 1. The molecule has 0 bridgehead atoms. The van der Waals surface area contributed by atoms with E-state index in [1.54, 1.807) is 5.38 Å². The highest BCUT2D eigenvalue weighted by Gasteiger charge is 2.16. The Kier molecular flexibility index (Phi) is 5.76. The summed E-state index contributed by atoms with van der Waals surface area (Å²) in [5, 5.41) is 33.3. The van der Waals surface area contributed by atoms with E-state index in [2.05, 4.69) is 15.3 Å². The summed E-state index contributed by atoms with van der Waals surface area (Å²) in [6.45, 7) is -0.207. The van der Waals surface area contributed by atoms with E-state index in [4.69, 9.17) is 5.26 Å². The second-order valence-corrected chi connectivity index (χ2v) is 6.60. The fourth-order valence-corrected chi connectivity index (χ4v) is 3.33. The van der Waals surface area contributed by atoms with Gasteiger partial charge in [0.05, 0.1) is 30.3 Å². The van der Waals surface area contributed by atoms with Crippen molar-refractivity contribution in [3.8, 4) is 22.5 Å². The minimum Gasteiger partial charge on any atom is -0.506 e. The van der Waals surface area contributed by atoms with Crippen LogP contribution in [0.2, 0.25) is 0 Å². The molecule has 1 amide bonds. The van der Waals surface area contributed by atoms with Crippen LogP contribution in [0.5, 0.6) is 5.75 Å². The molecule has 3 aromatic rings. The Bertz CT molecular complexity index is 982. The van der Waals surface area contributed by atoms with Crippen molar-refractivity contribution in [3.05, 3.63) is 64.8 Å². The molecule has 0 aliphatic heterocycles. The molecule has 0 fully saturated rings. The van der Waals surface area contributed by atoms with Gasteiger partial charge in [-0.3, -0.25) is 4.79 Å². The average Bonchev–Trinajstić information content (AvgIpc) is 3.14. The lowest BCUT2D eigenvalue weighted by atomic mass is 10.1. The number of benzene rings is 1. The third-order valence-corrected chi connectivity index (χ3v) is 4.71. The summed E-state index contributed by atoms with van der Waals surface area (Å²) in [5.74, 6) is -0.407. The Labute approximate surface area is 159 Å². The molecule has 0 radical (unpaired) electrons. The molecule has 2 heterocycles. The molecule has 0 aliphatic carbocycles. The van der Waals surface area contributed by atoms with E-state index < -0.39 is 6.04 Å². The van der Waals surface area contributed by atoms with E-state index in [0.29, 0.717) is 10.7 Å². The first kappa shape index (κ1) is 18.5. The number of rotatable bonds is 6. The predicted molar refractivity (Wildman–Crippen MR) is 99.8 cm³/mol. The average molecular weight is 380 g/mol. The van der Waals surface area contributed by atoms with Gasteiger partial charge in [-0.15, -0.1) is 11.3 Å². The lowest BCUT2D eigenvalue weighted by molar-refractivity contribution is -0.121. The maximum absolute atomic E-state index is 12.3. The third-order valence-electron chi connectivity index (χ3n) is 3.81. The van der Waals surface area contributed by atoms with Gasteiger partial charge in [-0.25, -0.2) is 9.97 Å². The van der Waals surface area contributed by atoms with Crippen LogP contribution in [0, 0.1) is 11.3 Å². The third kappa shape index (κ3) is 4.47. The number of pyridine rings is 1. The number of carbonyl (C=O) groups excluding carboxylic acids is 1. The maximum Gasteiger partial charge on any atom is 0.226 e. The number of aliphatic hydroxyl groups excluding tert-OH is 1. The Balaban J connectivity index is 1.68. The lowest BCUT2D eigenvalue weighted by Crippen LogP contribution is -2.32. The van der Waals surface area contributed by atoms with Crippen molar-refractivity contribution >= 4 is 17.2 Å². The molecule has 0 unspecified atom stereocenters. The van der Waals surface area contributed by atoms with Crippen molar-refractivity contribution in [1.82, 2.24) is 15.3 Å². The van der Waals surface area contributed by atoms with Crippen LogP contribution >= 0.6 is 11.3 Å². The number of hydrogen-bond donors (Lipinski definition) is 3. The number of amides is 1. The smallest absolute Gasteiger partial charge is 0.226 e. The normalized spacial score (nSPS) is 11.6. The minimum atomic E-state index is -0.485. The Morgan fingerprint density at radius 2 is 2.11 bits per heavy atom. The highest BCUT2D eigenvalue weighted by molar-refractivity contribution is 7.13. The van der Waals surface area contributed by atoms with E-state index in [1.165, 1.54) is 23.6 Å². The van der Waals surface area contributed by atoms with Gasteiger partial charge in [-0.2, -0.15) is 5.26 Å². The van der Waals surface area contributed by atoms with Gasteiger partial charge in [0, 0.05) is 17.6 Å². The molecule has 8 heteroatoms. The van der Waals surface area contributed by atoms with Crippen molar-refractivity contribution in [2.24, 2.45) is 0 Å². The molecule has 0 saturated heterocycles. The van der Waals surface area contributed by atoms with E-state index in [0.717, 1.165) is 5.56 Å². The van der Waals surface area contributed by atoms with Gasteiger partial charge in [-0.05, 0) is 5.56 Å². The van der Waals surface area contributed by atoms with Gasteiger partial charge in [-0.1, -0.05) is 30.3 Å². The molecule has 27 heavy (non-hydrogen) atoms. The molecule has 1 atom stereocenters. The van der Waals surface area contributed by atoms with Crippen LogP contribution in [-0.4, -0.2) is 32.7 Å². The molecule has 1 aromatic carbocycles. The number of nitrogens with zero attached hydrogens (tertiary/aromatic N) is 3. The number of carbonyl (C=O) groups is 1. The van der Waals surface area contributed by atoms with Crippen molar-refractivity contribution in [2.75, 3.05) is 6.61 Å². The summed E-state index contributed by atoms with van der Waals surface area (Å²) in [6, 6.07) is 12.0. The SMILES string of the molecule is N#Cc1cnc(-c2nc(CC(=O)N[C@H](CO)c3ccccc3)cs2)c(O)c1. The Morgan fingerprint density at radius 1 is 1.33 bits per heavy atom. The fourth-order valence-electron chi connectivity index (χ4n) is 2.51. The van der Waals surface area contributed by atoms with Crippen LogP contribution in [0.4, 0.5) is 0 Å². The van der Waals surface area contributed by atoms with Crippen LogP contribution in [0.1, 0.15) is 22.9 Å². The van der Waals surface area contributed by atoms with Crippen LogP contribution in [-0.2, 0) is 11.2 Å². The topological polar surface area (TPSA) is 119 Å². The summed E-state index contributed by atoms with van der Waals surface area (Å²) in [5.41, 5.74) is 1.87. The Hall–Kier alpha value is -3.28. The summed E-state index contributed by atoms with van der Waals surface area (Å²) in [4.78, 5) is 20.7. The van der Waals surface area contributed by atoms with Gasteiger partial charge >= 0.3 is 0 Å². The van der Waals surface area contributed by atoms with Crippen LogP contribution < -0.4 is 5.32 Å². The summed E-state index contributed by atoms with van der Waals surface area (Å²) in [6.07, 6.45) is 1.39. The van der Waals surface area contributed by atoms with E-state index in [-0.39, 0.29) is 35.9 Å². The predicted octanol–water partition coefficient (Wildman–Crippen LogP) is 2.17. The van der Waals surface area contributed by atoms with Crippen LogP contribution in [0.3, 0.4) is 0 Å². The second-order valence-electron chi connectivity index (χ2n) is 5.74. The molecule has 3 rings (SSSR count). The number of aliphatic hydroxyl groups is 1. The van der Waals surface area contributed by atoms with Crippen molar-refractivity contribution in [1.29, 1.82) is 5.26 Å². The molecule has 0 aliphatic rings. The zero-order chi connectivity index (χ0) is 19.2. The van der Waals surface area contributed by atoms with Gasteiger partial charge in [0.15, 0.2) is 0 Å². The van der Waals surface area contributed by atoms with Gasteiger partial charge in [0.25, 0.3) is 0 Å². The molecule has 2 aromatic heterocycles. The molecule has 0 saturated carbocycles. The molecule has 0 spiro atoms. The monoisotopic (exact) mass is 380 g/mol. The van der Waals surface area contributed by atoms with E-state index in [9.17, 15) is 15.0 Å². The van der Waals surface area contributed by atoms with Crippen LogP contribution in [0.15, 0.2) is 48.0 Å². The largest absolute Gasteiger partial charge is 0.506 e. The van der Waals surface area contributed by atoms with E-state index >= 15 is 0 Å². The van der Waals surface area contributed by atoms with Crippen molar-refractivity contribution < 1.29 is 15.0 Å². The van der Waals surface area contributed by atoms with Gasteiger partial charge in [0.1, 0.15) is 22.5 Å². The zero-order valence-corrected chi connectivity index (χ0v) is 15.0. The number of nitrogens with one attached hydrogen (secondary N) is 1. The standard InChI is InChI=1S/C19H16N4O3S/c20-8-12-6-16(25)18(21-9-12)19-22-14(11-27-19)7-17(26)23-15(10-24)13-4-2-1-3-5-13/h1-6,9,11,15,24-25H,7,10H2,(H,23,26)/t15-/m1/s1. The fraction of sp³-hybridized carbons (Fsp3) is 0.158. The molecular formula is C19H16N4O3S. The minimum absolute atomic E-state index is 0.0386. The van der Waals surface area contributed by atoms with Crippen LogP contribution in [0.25, 0.3) is 10.7 Å². The molecule has 7 nitrogen and oxygen atoms in total. The molecule has 3 N–H and O–H groups in total. The highest BCUT2D eigenvalue weighted by atomic mass is 32.1. The first-order valence-corrected chi connectivity index (χ1v) is 8.97. The maximum atomic E-state index is 12.3. The number of hydrogen-bond acceptors (Lipinski definition) is 7. The Morgan fingerprint density at radius 3 is 2.78 bits per heavy atom. The molecule has 136 valence electrons. The summed E-state index contributed by atoms with van der Waals surface area (Å²) >= 11 is 1.25.